The van der Waals surface area contributed by atoms with Gasteiger partial charge in [0.2, 0.25) is 5.91 Å². The number of amides is 1. The highest BCUT2D eigenvalue weighted by Gasteiger charge is 2.25. The number of hydrogen-bond donors (Lipinski definition) is 1. The van der Waals surface area contributed by atoms with Crippen molar-refractivity contribution in [2.45, 2.75) is 32.7 Å². The summed E-state index contributed by atoms with van der Waals surface area (Å²) in [5.74, 6) is 1.47. The zero-order valence-electron chi connectivity index (χ0n) is 17.5. The van der Waals surface area contributed by atoms with Crippen molar-refractivity contribution in [2.24, 2.45) is 5.92 Å². The molecule has 1 amide bonds. The van der Waals surface area contributed by atoms with Crippen molar-refractivity contribution in [1.29, 1.82) is 0 Å². The fourth-order valence-electron chi connectivity index (χ4n) is 3.65. The summed E-state index contributed by atoms with van der Waals surface area (Å²) in [6, 6.07) is 7.20. The van der Waals surface area contributed by atoms with Crippen molar-refractivity contribution in [2.75, 3.05) is 24.5 Å². The molecular formula is C21H26N8O2. The minimum absolute atomic E-state index is 0.0333. The molecule has 3 aromatic rings. The average molecular weight is 422 g/mol. The van der Waals surface area contributed by atoms with Gasteiger partial charge in [0.25, 0.3) is 5.56 Å². The van der Waals surface area contributed by atoms with Crippen LogP contribution in [0.4, 0.5) is 5.82 Å². The lowest BCUT2D eigenvalue weighted by molar-refractivity contribution is -0.125. The molecule has 0 atom stereocenters. The van der Waals surface area contributed by atoms with Crippen molar-refractivity contribution in [3.05, 3.63) is 59.0 Å². The Bertz CT molecular complexity index is 1050. The van der Waals surface area contributed by atoms with E-state index in [2.05, 4.69) is 30.5 Å². The standard InChI is InChI=1S/C21H26N8O2/c1-2-17-14-20(30)28(15-23-17)13-9-22-21(31)16-6-11-27(12-7-16)18-4-5-19(26-25-18)29-10-3-8-24-29/h3-5,8,10,14-16H,2,6-7,9,11-13H2,1H3,(H,22,31). The Morgan fingerprint density at radius 3 is 2.61 bits per heavy atom. The number of rotatable bonds is 7. The number of aromatic nitrogens is 6. The second-order valence-electron chi connectivity index (χ2n) is 7.52. The fraction of sp³-hybridized carbons (Fsp3) is 0.429. The lowest BCUT2D eigenvalue weighted by Crippen LogP contribution is -2.42. The Balaban J connectivity index is 1.24. The number of carbonyl (C=O) groups excluding carboxylic acids is 1. The van der Waals surface area contributed by atoms with E-state index in [1.807, 2.05) is 31.3 Å². The van der Waals surface area contributed by atoms with Crippen molar-refractivity contribution in [3.8, 4) is 5.82 Å². The van der Waals surface area contributed by atoms with Gasteiger partial charge in [-0.05, 0) is 37.5 Å². The molecule has 0 saturated carbocycles. The number of carbonyl (C=O) groups is 1. The summed E-state index contributed by atoms with van der Waals surface area (Å²) in [6.07, 6.45) is 7.29. The molecule has 0 unspecified atom stereocenters. The molecule has 1 saturated heterocycles. The molecule has 0 aromatic carbocycles. The van der Waals surface area contributed by atoms with Gasteiger partial charge in [0.15, 0.2) is 11.6 Å². The van der Waals surface area contributed by atoms with E-state index >= 15 is 0 Å². The minimum Gasteiger partial charge on any atom is -0.355 e. The lowest BCUT2D eigenvalue weighted by Gasteiger charge is -2.31. The van der Waals surface area contributed by atoms with Crippen LogP contribution in [0.5, 0.6) is 0 Å². The van der Waals surface area contributed by atoms with E-state index in [0.717, 1.165) is 43.9 Å². The van der Waals surface area contributed by atoms with Crippen LogP contribution < -0.4 is 15.8 Å². The van der Waals surface area contributed by atoms with E-state index in [1.54, 1.807) is 23.3 Å². The third-order valence-electron chi connectivity index (χ3n) is 5.52. The van der Waals surface area contributed by atoms with E-state index in [1.165, 1.54) is 4.57 Å². The maximum absolute atomic E-state index is 12.5. The Kier molecular flexibility index (Phi) is 6.34. The first-order chi connectivity index (χ1) is 15.1. The maximum atomic E-state index is 12.5. The Morgan fingerprint density at radius 1 is 1.19 bits per heavy atom. The quantitative estimate of drug-likeness (QED) is 0.600. The van der Waals surface area contributed by atoms with E-state index in [9.17, 15) is 9.59 Å². The highest BCUT2D eigenvalue weighted by Crippen LogP contribution is 2.22. The largest absolute Gasteiger partial charge is 0.355 e. The Morgan fingerprint density at radius 2 is 1.97 bits per heavy atom. The Labute approximate surface area is 179 Å². The van der Waals surface area contributed by atoms with Crippen LogP contribution in [-0.4, -0.2) is 55.1 Å². The second kappa shape index (κ2) is 9.50. The van der Waals surface area contributed by atoms with Crippen LogP contribution in [0, 0.1) is 5.92 Å². The van der Waals surface area contributed by atoms with Gasteiger partial charge >= 0.3 is 0 Å². The first kappa shape index (κ1) is 20.7. The topological polar surface area (TPSA) is 111 Å². The first-order valence-electron chi connectivity index (χ1n) is 10.6. The van der Waals surface area contributed by atoms with Gasteiger partial charge in [0.1, 0.15) is 0 Å². The summed E-state index contributed by atoms with van der Waals surface area (Å²) in [7, 11) is 0. The van der Waals surface area contributed by atoms with E-state index in [4.69, 9.17) is 0 Å². The predicted octanol–water partition coefficient (Wildman–Crippen LogP) is 0.814. The Hall–Kier alpha value is -3.56. The van der Waals surface area contributed by atoms with Gasteiger partial charge in [-0.25, -0.2) is 9.67 Å². The monoisotopic (exact) mass is 422 g/mol. The maximum Gasteiger partial charge on any atom is 0.253 e. The lowest BCUT2D eigenvalue weighted by atomic mass is 9.96. The molecule has 0 spiro atoms. The SMILES string of the molecule is CCc1cc(=O)n(CCNC(=O)C2CCN(c3ccc(-n4cccn4)nn3)CC2)cn1. The fourth-order valence-corrected chi connectivity index (χ4v) is 3.65. The predicted molar refractivity (Wildman–Crippen MR) is 115 cm³/mol. The number of nitrogens with zero attached hydrogens (tertiary/aromatic N) is 7. The number of piperidine rings is 1. The third-order valence-corrected chi connectivity index (χ3v) is 5.52. The third kappa shape index (κ3) is 4.96. The molecule has 4 heterocycles. The molecule has 10 heteroatoms. The van der Waals surface area contributed by atoms with Crippen LogP contribution >= 0.6 is 0 Å². The summed E-state index contributed by atoms with van der Waals surface area (Å²) >= 11 is 0. The minimum atomic E-state index is -0.0888. The summed E-state index contributed by atoms with van der Waals surface area (Å²) < 4.78 is 3.18. The summed E-state index contributed by atoms with van der Waals surface area (Å²) in [6.45, 7) is 4.27. The smallest absolute Gasteiger partial charge is 0.253 e. The van der Waals surface area contributed by atoms with Crippen molar-refractivity contribution in [1.82, 2.24) is 34.8 Å². The van der Waals surface area contributed by atoms with Gasteiger partial charge in [0, 0.05) is 56.3 Å². The van der Waals surface area contributed by atoms with Crippen LogP contribution in [0.1, 0.15) is 25.5 Å². The zero-order chi connectivity index (χ0) is 21.6. The molecular weight excluding hydrogens is 396 g/mol. The van der Waals surface area contributed by atoms with Crippen molar-refractivity contribution >= 4 is 11.7 Å². The van der Waals surface area contributed by atoms with Gasteiger partial charge in [-0.3, -0.25) is 14.2 Å². The molecule has 3 aromatic heterocycles. The number of hydrogen-bond acceptors (Lipinski definition) is 7. The molecule has 1 fully saturated rings. The van der Waals surface area contributed by atoms with E-state index in [-0.39, 0.29) is 17.4 Å². The van der Waals surface area contributed by atoms with Gasteiger partial charge < -0.3 is 10.2 Å². The molecule has 1 aliphatic rings. The summed E-state index contributed by atoms with van der Waals surface area (Å²) in [4.78, 5) is 30.9. The van der Waals surface area contributed by atoms with Gasteiger partial charge in [-0.15, -0.1) is 10.2 Å². The highest BCUT2D eigenvalue weighted by molar-refractivity contribution is 5.78. The molecule has 1 aliphatic heterocycles. The molecule has 1 N–H and O–H groups in total. The van der Waals surface area contributed by atoms with Crippen LogP contribution in [0.25, 0.3) is 5.82 Å². The normalized spacial score (nSPS) is 14.5. The average Bonchev–Trinajstić information content (AvgIpc) is 3.35. The van der Waals surface area contributed by atoms with Crippen LogP contribution in [-0.2, 0) is 17.8 Å². The van der Waals surface area contributed by atoms with Crippen LogP contribution in [0.2, 0.25) is 0 Å². The summed E-state index contributed by atoms with van der Waals surface area (Å²) in [5.41, 5.74) is 0.687. The summed E-state index contributed by atoms with van der Waals surface area (Å²) in [5, 5.41) is 15.6. The number of aryl methyl sites for hydroxylation is 1. The molecule has 4 rings (SSSR count). The molecule has 0 radical (unpaired) electrons. The van der Waals surface area contributed by atoms with E-state index < -0.39 is 0 Å². The molecule has 0 bridgehead atoms. The molecule has 162 valence electrons. The van der Waals surface area contributed by atoms with Gasteiger partial charge in [-0.2, -0.15) is 5.10 Å². The van der Waals surface area contributed by atoms with Gasteiger partial charge in [0.05, 0.1) is 6.33 Å². The van der Waals surface area contributed by atoms with Gasteiger partial charge in [-0.1, -0.05) is 6.92 Å². The zero-order valence-corrected chi connectivity index (χ0v) is 17.5. The van der Waals surface area contributed by atoms with Crippen LogP contribution in [0.15, 0.2) is 47.8 Å². The van der Waals surface area contributed by atoms with E-state index in [0.29, 0.717) is 18.9 Å². The highest BCUT2D eigenvalue weighted by atomic mass is 16.2. The first-order valence-corrected chi connectivity index (χ1v) is 10.6. The number of anilines is 1. The molecule has 10 nitrogen and oxygen atoms in total. The molecule has 0 aliphatic carbocycles. The van der Waals surface area contributed by atoms with Crippen LogP contribution in [0.3, 0.4) is 0 Å². The van der Waals surface area contributed by atoms with Crippen molar-refractivity contribution < 1.29 is 4.79 Å². The van der Waals surface area contributed by atoms with Crippen molar-refractivity contribution in [3.63, 3.8) is 0 Å². The molecule has 31 heavy (non-hydrogen) atoms. The number of nitrogens with one attached hydrogen (secondary N) is 1. The second-order valence-corrected chi connectivity index (χ2v) is 7.52.